The van der Waals surface area contributed by atoms with Crippen LogP contribution in [0.15, 0.2) is 85.1 Å². The lowest BCUT2D eigenvalue weighted by atomic mass is 9.80. The molecular formula is C25H27N3O. The van der Waals surface area contributed by atoms with E-state index < -0.39 is 5.54 Å². The topological polar surface area (TPSA) is 54.0 Å². The fraction of sp³-hybridized carbons (Fsp3) is 0.280. The van der Waals surface area contributed by atoms with Crippen LogP contribution in [0.1, 0.15) is 42.5 Å². The summed E-state index contributed by atoms with van der Waals surface area (Å²) in [4.78, 5) is 17.8. The molecule has 1 aliphatic rings. The van der Waals surface area contributed by atoms with Crippen molar-refractivity contribution in [3.63, 3.8) is 0 Å². The summed E-state index contributed by atoms with van der Waals surface area (Å²) in [6, 6.07) is 26.4. The van der Waals surface area contributed by atoms with Gasteiger partial charge in [-0.15, -0.1) is 0 Å². The molecule has 0 spiro atoms. The van der Waals surface area contributed by atoms with Gasteiger partial charge in [-0.05, 0) is 36.1 Å². The minimum Gasteiger partial charge on any atom is -0.335 e. The van der Waals surface area contributed by atoms with Crippen molar-refractivity contribution in [2.24, 2.45) is 0 Å². The summed E-state index contributed by atoms with van der Waals surface area (Å²) >= 11 is 0. The van der Waals surface area contributed by atoms with Gasteiger partial charge in [-0.3, -0.25) is 4.98 Å². The average molecular weight is 386 g/mol. The average Bonchev–Trinajstić information content (AvgIpc) is 3.28. The summed E-state index contributed by atoms with van der Waals surface area (Å²) in [6.45, 7) is 0. The molecule has 1 saturated carbocycles. The molecule has 0 saturated heterocycles. The first-order valence-electron chi connectivity index (χ1n) is 10.4. The number of nitrogens with one attached hydrogen (secondary N) is 2. The van der Waals surface area contributed by atoms with Crippen molar-refractivity contribution in [1.82, 2.24) is 15.6 Å². The fourth-order valence-electron chi connectivity index (χ4n) is 4.25. The first kappa shape index (κ1) is 19.2. The standard InChI is InChI=1S/C25H27N3O/c29-24(27-22-15-7-8-16-22)28-25(21-13-5-2-6-14-21,23-17-9-10-18-26-23)19-20-11-3-1-4-12-20/h1-6,9-14,17-18,22H,7-8,15-16,19H2,(H2,27,28,29). The van der Waals surface area contributed by atoms with E-state index in [0.29, 0.717) is 6.42 Å². The summed E-state index contributed by atoms with van der Waals surface area (Å²) in [6.07, 6.45) is 6.86. The molecule has 2 aromatic carbocycles. The van der Waals surface area contributed by atoms with E-state index in [1.807, 2.05) is 54.6 Å². The van der Waals surface area contributed by atoms with Gasteiger partial charge >= 0.3 is 6.03 Å². The lowest BCUT2D eigenvalue weighted by molar-refractivity contribution is 0.225. The predicted molar refractivity (Wildman–Crippen MR) is 116 cm³/mol. The quantitative estimate of drug-likeness (QED) is 0.640. The predicted octanol–water partition coefficient (Wildman–Crippen LogP) is 4.81. The second-order valence-corrected chi connectivity index (χ2v) is 7.73. The number of benzene rings is 2. The monoisotopic (exact) mass is 385 g/mol. The summed E-state index contributed by atoms with van der Waals surface area (Å²) in [5.74, 6) is 0. The van der Waals surface area contributed by atoms with Crippen molar-refractivity contribution in [1.29, 1.82) is 0 Å². The first-order chi connectivity index (χ1) is 14.3. The number of rotatable bonds is 6. The summed E-state index contributed by atoms with van der Waals surface area (Å²) in [5, 5.41) is 6.51. The molecule has 0 bridgehead atoms. The smallest absolute Gasteiger partial charge is 0.316 e. The van der Waals surface area contributed by atoms with Crippen LogP contribution in [-0.2, 0) is 12.0 Å². The van der Waals surface area contributed by atoms with E-state index >= 15 is 0 Å². The Hall–Kier alpha value is -3.14. The van der Waals surface area contributed by atoms with Crippen molar-refractivity contribution in [3.8, 4) is 0 Å². The third kappa shape index (κ3) is 4.48. The van der Waals surface area contributed by atoms with Crippen molar-refractivity contribution >= 4 is 6.03 Å². The SMILES string of the molecule is O=C(NC1CCCC1)NC(Cc1ccccc1)(c1ccccc1)c1ccccn1. The summed E-state index contributed by atoms with van der Waals surface area (Å²) in [7, 11) is 0. The number of hydrogen-bond acceptors (Lipinski definition) is 2. The van der Waals surface area contributed by atoms with Crippen LogP contribution in [0.25, 0.3) is 0 Å². The molecule has 3 aromatic rings. The minimum atomic E-state index is -0.757. The second-order valence-electron chi connectivity index (χ2n) is 7.73. The van der Waals surface area contributed by atoms with E-state index in [1.165, 1.54) is 12.8 Å². The van der Waals surface area contributed by atoms with Gasteiger partial charge in [0.25, 0.3) is 0 Å². The maximum absolute atomic E-state index is 13.1. The largest absolute Gasteiger partial charge is 0.335 e. The molecule has 0 aliphatic heterocycles. The number of carbonyl (C=O) groups is 1. The van der Waals surface area contributed by atoms with Gasteiger partial charge in [0.05, 0.1) is 5.69 Å². The first-order valence-corrected chi connectivity index (χ1v) is 10.4. The van der Waals surface area contributed by atoms with Gasteiger partial charge < -0.3 is 10.6 Å². The van der Waals surface area contributed by atoms with E-state index in [4.69, 9.17) is 0 Å². The van der Waals surface area contributed by atoms with Crippen molar-refractivity contribution < 1.29 is 4.79 Å². The van der Waals surface area contributed by atoms with Crippen LogP contribution < -0.4 is 10.6 Å². The Kier molecular flexibility index (Phi) is 5.89. The Balaban J connectivity index is 1.75. The molecule has 148 valence electrons. The van der Waals surface area contributed by atoms with Gasteiger partial charge in [-0.25, -0.2) is 4.79 Å². The van der Waals surface area contributed by atoms with Gasteiger partial charge in [0.15, 0.2) is 0 Å². The molecule has 2 amide bonds. The second kappa shape index (κ2) is 8.91. The lowest BCUT2D eigenvalue weighted by Crippen LogP contribution is -2.54. The highest BCUT2D eigenvalue weighted by molar-refractivity contribution is 5.76. The van der Waals surface area contributed by atoms with E-state index in [9.17, 15) is 4.79 Å². The highest BCUT2D eigenvalue weighted by Gasteiger charge is 2.38. The van der Waals surface area contributed by atoms with Crippen molar-refractivity contribution in [2.75, 3.05) is 0 Å². The maximum Gasteiger partial charge on any atom is 0.316 e. The number of urea groups is 1. The van der Waals surface area contributed by atoms with Crippen LogP contribution >= 0.6 is 0 Å². The number of amides is 2. The van der Waals surface area contributed by atoms with Crippen LogP contribution in [0, 0.1) is 0 Å². The van der Waals surface area contributed by atoms with Crippen molar-refractivity contribution in [3.05, 3.63) is 102 Å². The fourth-order valence-corrected chi connectivity index (χ4v) is 4.25. The molecule has 29 heavy (non-hydrogen) atoms. The number of carbonyl (C=O) groups excluding carboxylic acids is 1. The van der Waals surface area contributed by atoms with Crippen LogP contribution in [0.4, 0.5) is 4.79 Å². The minimum absolute atomic E-state index is 0.137. The Morgan fingerprint density at radius 3 is 2.21 bits per heavy atom. The Labute approximate surface area is 172 Å². The molecule has 1 aromatic heterocycles. The molecule has 1 atom stereocenters. The molecular weight excluding hydrogens is 358 g/mol. The van der Waals surface area contributed by atoms with E-state index in [0.717, 1.165) is 29.7 Å². The van der Waals surface area contributed by atoms with Crippen LogP contribution in [-0.4, -0.2) is 17.1 Å². The molecule has 4 nitrogen and oxygen atoms in total. The van der Waals surface area contributed by atoms with Gasteiger partial charge in [0, 0.05) is 18.7 Å². The van der Waals surface area contributed by atoms with Crippen LogP contribution in [0.3, 0.4) is 0 Å². The van der Waals surface area contributed by atoms with Gasteiger partial charge in [-0.2, -0.15) is 0 Å². The number of pyridine rings is 1. The summed E-state index contributed by atoms with van der Waals surface area (Å²) < 4.78 is 0. The highest BCUT2D eigenvalue weighted by atomic mass is 16.2. The molecule has 1 fully saturated rings. The molecule has 1 heterocycles. The molecule has 4 heteroatoms. The number of aromatic nitrogens is 1. The molecule has 0 radical (unpaired) electrons. The lowest BCUT2D eigenvalue weighted by Gasteiger charge is -2.35. The third-order valence-corrected chi connectivity index (χ3v) is 5.70. The van der Waals surface area contributed by atoms with Crippen LogP contribution in [0.5, 0.6) is 0 Å². The zero-order chi connectivity index (χ0) is 19.9. The van der Waals surface area contributed by atoms with Gasteiger partial charge in [0.2, 0.25) is 0 Å². The molecule has 1 unspecified atom stereocenters. The highest BCUT2D eigenvalue weighted by Crippen LogP contribution is 2.32. The molecule has 4 rings (SSSR count). The Morgan fingerprint density at radius 1 is 0.897 bits per heavy atom. The Morgan fingerprint density at radius 2 is 1.55 bits per heavy atom. The Bertz CT molecular complexity index is 867. The van der Waals surface area contributed by atoms with Gasteiger partial charge in [0.1, 0.15) is 5.54 Å². The summed E-state index contributed by atoms with van der Waals surface area (Å²) in [5.41, 5.74) is 2.23. The maximum atomic E-state index is 13.1. The molecule has 2 N–H and O–H groups in total. The molecule has 1 aliphatic carbocycles. The van der Waals surface area contributed by atoms with E-state index in [2.05, 4.69) is 39.9 Å². The third-order valence-electron chi connectivity index (χ3n) is 5.70. The van der Waals surface area contributed by atoms with Gasteiger partial charge in [-0.1, -0.05) is 79.6 Å². The normalized spacial score (nSPS) is 16.1. The van der Waals surface area contributed by atoms with E-state index in [1.54, 1.807) is 6.20 Å². The van der Waals surface area contributed by atoms with Crippen molar-refractivity contribution in [2.45, 2.75) is 43.7 Å². The zero-order valence-electron chi connectivity index (χ0n) is 16.6. The van der Waals surface area contributed by atoms with E-state index in [-0.39, 0.29) is 12.1 Å². The number of nitrogens with zero attached hydrogens (tertiary/aromatic N) is 1. The zero-order valence-corrected chi connectivity index (χ0v) is 16.6. The number of hydrogen-bond donors (Lipinski definition) is 2. The van der Waals surface area contributed by atoms with Crippen LogP contribution in [0.2, 0.25) is 0 Å².